The number of hydrogen-bond donors (Lipinski definition) is 1. The third kappa shape index (κ3) is 4.88. The minimum absolute atomic E-state index is 0.0135. The molecular weight excluding hydrogens is 320 g/mol. The van der Waals surface area contributed by atoms with E-state index >= 15 is 0 Å². The lowest BCUT2D eigenvalue weighted by molar-refractivity contribution is -0.143. The minimum Gasteiger partial charge on any atom is -0.504 e. The van der Waals surface area contributed by atoms with Gasteiger partial charge >= 0.3 is 5.97 Å². The summed E-state index contributed by atoms with van der Waals surface area (Å²) >= 11 is 0. The molecule has 2 rings (SSSR count). The summed E-state index contributed by atoms with van der Waals surface area (Å²) in [5.74, 6) is -1.44. The molecule has 0 unspecified atom stereocenters. The lowest BCUT2D eigenvalue weighted by Crippen LogP contribution is -2.11. The van der Waals surface area contributed by atoms with Gasteiger partial charge in [0.2, 0.25) is 0 Å². The topological polar surface area (TPSA) is 100 Å². The SMILES string of the molecule is CCOC(=O)CCC(=O)c1nc(Cc2ccccc2)cc(C#N)c1O. The van der Waals surface area contributed by atoms with Crippen molar-refractivity contribution in [2.75, 3.05) is 6.61 Å². The van der Waals surface area contributed by atoms with Gasteiger partial charge in [-0.2, -0.15) is 5.26 Å². The summed E-state index contributed by atoms with van der Waals surface area (Å²) in [6.07, 6.45) is 0.186. The maximum atomic E-state index is 12.3. The minimum atomic E-state index is -0.503. The highest BCUT2D eigenvalue weighted by atomic mass is 16.5. The van der Waals surface area contributed by atoms with Crippen LogP contribution in [0.3, 0.4) is 0 Å². The number of nitriles is 1. The summed E-state index contributed by atoms with van der Waals surface area (Å²) in [4.78, 5) is 27.9. The molecule has 0 bridgehead atoms. The number of benzene rings is 1. The van der Waals surface area contributed by atoms with Crippen LogP contribution in [0, 0.1) is 11.3 Å². The molecule has 0 fully saturated rings. The number of Topliss-reactive ketones (excluding diaryl/α,β-unsaturated/α-hetero) is 1. The van der Waals surface area contributed by atoms with E-state index in [0.717, 1.165) is 5.56 Å². The Bertz CT molecular complexity index is 810. The van der Waals surface area contributed by atoms with Crippen LogP contribution in [0.4, 0.5) is 0 Å². The van der Waals surface area contributed by atoms with Crippen molar-refractivity contribution in [3.8, 4) is 11.8 Å². The lowest BCUT2D eigenvalue weighted by atomic mass is 10.0. The van der Waals surface area contributed by atoms with Crippen LogP contribution >= 0.6 is 0 Å². The first-order valence-corrected chi connectivity index (χ1v) is 7.90. The Balaban J connectivity index is 2.24. The smallest absolute Gasteiger partial charge is 0.306 e. The van der Waals surface area contributed by atoms with E-state index in [1.165, 1.54) is 6.07 Å². The first kappa shape index (κ1) is 18.1. The maximum Gasteiger partial charge on any atom is 0.306 e. The van der Waals surface area contributed by atoms with Crippen molar-refractivity contribution < 1.29 is 19.4 Å². The van der Waals surface area contributed by atoms with E-state index < -0.39 is 17.5 Å². The third-order valence-corrected chi connectivity index (χ3v) is 3.52. The van der Waals surface area contributed by atoms with Crippen LogP contribution in [-0.2, 0) is 16.0 Å². The fourth-order valence-corrected chi connectivity index (χ4v) is 2.33. The zero-order valence-electron chi connectivity index (χ0n) is 13.9. The Morgan fingerprint density at radius 1 is 1.24 bits per heavy atom. The second-order valence-electron chi connectivity index (χ2n) is 5.36. The van der Waals surface area contributed by atoms with E-state index in [-0.39, 0.29) is 30.7 Å². The summed E-state index contributed by atoms with van der Waals surface area (Å²) in [6, 6.07) is 12.8. The van der Waals surface area contributed by atoms with Crippen molar-refractivity contribution in [1.82, 2.24) is 4.98 Å². The van der Waals surface area contributed by atoms with Gasteiger partial charge in [0, 0.05) is 18.5 Å². The number of carbonyl (C=O) groups is 2. The highest BCUT2D eigenvalue weighted by molar-refractivity contribution is 5.98. The van der Waals surface area contributed by atoms with Crippen molar-refractivity contribution in [3.05, 3.63) is 58.9 Å². The standard InChI is InChI=1S/C19H18N2O4/c1-2-25-17(23)9-8-16(22)18-19(24)14(12-20)11-15(21-18)10-13-6-4-3-5-7-13/h3-7,11,24H,2,8-10H2,1H3. The highest BCUT2D eigenvalue weighted by Crippen LogP contribution is 2.24. The number of ether oxygens (including phenoxy) is 1. The molecule has 0 saturated carbocycles. The number of carbonyl (C=O) groups excluding carboxylic acids is 2. The summed E-state index contributed by atoms with van der Waals surface area (Å²) in [5.41, 5.74) is 1.27. The number of nitrogens with zero attached hydrogens (tertiary/aromatic N) is 2. The number of ketones is 1. The third-order valence-electron chi connectivity index (χ3n) is 3.52. The largest absolute Gasteiger partial charge is 0.504 e. The van der Waals surface area contributed by atoms with Crippen LogP contribution in [0.1, 0.15) is 47.1 Å². The summed E-state index contributed by atoms with van der Waals surface area (Å²) in [7, 11) is 0. The summed E-state index contributed by atoms with van der Waals surface area (Å²) < 4.78 is 4.78. The summed E-state index contributed by atoms with van der Waals surface area (Å²) in [5, 5.41) is 19.3. The van der Waals surface area contributed by atoms with Crippen LogP contribution in [0.15, 0.2) is 36.4 Å². The van der Waals surface area contributed by atoms with Crippen molar-refractivity contribution in [1.29, 1.82) is 5.26 Å². The van der Waals surface area contributed by atoms with Gasteiger partial charge in [-0.1, -0.05) is 30.3 Å². The predicted molar refractivity (Wildman–Crippen MR) is 90.1 cm³/mol. The zero-order valence-corrected chi connectivity index (χ0v) is 13.9. The molecule has 1 aromatic heterocycles. The monoisotopic (exact) mass is 338 g/mol. The molecule has 0 aliphatic rings. The molecule has 0 aliphatic heterocycles. The van der Waals surface area contributed by atoms with Crippen molar-refractivity contribution in [3.63, 3.8) is 0 Å². The molecule has 25 heavy (non-hydrogen) atoms. The van der Waals surface area contributed by atoms with Crippen molar-refractivity contribution >= 4 is 11.8 Å². The van der Waals surface area contributed by atoms with Gasteiger partial charge in [0.05, 0.1) is 18.6 Å². The zero-order chi connectivity index (χ0) is 18.2. The van der Waals surface area contributed by atoms with Crippen molar-refractivity contribution in [2.45, 2.75) is 26.2 Å². The van der Waals surface area contributed by atoms with Gasteiger partial charge in [0.1, 0.15) is 11.8 Å². The average Bonchev–Trinajstić information content (AvgIpc) is 2.62. The number of hydrogen-bond acceptors (Lipinski definition) is 6. The fourth-order valence-electron chi connectivity index (χ4n) is 2.33. The summed E-state index contributed by atoms with van der Waals surface area (Å²) in [6.45, 7) is 1.92. The van der Waals surface area contributed by atoms with Crippen LogP contribution in [0.25, 0.3) is 0 Å². The van der Waals surface area contributed by atoms with E-state index in [4.69, 9.17) is 4.74 Å². The average molecular weight is 338 g/mol. The molecule has 1 aromatic carbocycles. The molecular formula is C19H18N2O4. The van der Waals surface area contributed by atoms with E-state index in [1.807, 2.05) is 36.4 Å². The molecule has 0 saturated heterocycles. The van der Waals surface area contributed by atoms with Crippen LogP contribution in [0.2, 0.25) is 0 Å². The molecule has 6 nitrogen and oxygen atoms in total. The fraction of sp³-hybridized carbons (Fsp3) is 0.263. The van der Waals surface area contributed by atoms with Crippen LogP contribution < -0.4 is 0 Å². The number of aromatic nitrogens is 1. The molecule has 0 aliphatic carbocycles. The number of aromatic hydroxyl groups is 1. The van der Waals surface area contributed by atoms with Crippen LogP contribution in [-0.4, -0.2) is 28.4 Å². The highest BCUT2D eigenvalue weighted by Gasteiger charge is 2.19. The molecule has 0 radical (unpaired) electrons. The molecule has 2 aromatic rings. The Kier molecular flexibility index (Phi) is 6.24. The van der Waals surface area contributed by atoms with Gasteiger partial charge < -0.3 is 9.84 Å². The second-order valence-corrected chi connectivity index (χ2v) is 5.36. The Hall–Kier alpha value is -3.20. The van der Waals surface area contributed by atoms with E-state index in [1.54, 1.807) is 6.92 Å². The van der Waals surface area contributed by atoms with Gasteiger partial charge in [-0.25, -0.2) is 4.98 Å². The van der Waals surface area contributed by atoms with E-state index in [9.17, 15) is 20.0 Å². The number of pyridine rings is 1. The van der Waals surface area contributed by atoms with E-state index in [0.29, 0.717) is 12.1 Å². The second kappa shape index (κ2) is 8.60. The Morgan fingerprint density at radius 3 is 2.60 bits per heavy atom. The van der Waals surface area contributed by atoms with Gasteiger partial charge in [-0.15, -0.1) is 0 Å². The molecule has 0 atom stereocenters. The molecule has 1 N–H and O–H groups in total. The van der Waals surface area contributed by atoms with Gasteiger partial charge in [0.15, 0.2) is 11.5 Å². The Morgan fingerprint density at radius 2 is 1.96 bits per heavy atom. The van der Waals surface area contributed by atoms with Gasteiger partial charge in [-0.3, -0.25) is 9.59 Å². The lowest BCUT2D eigenvalue weighted by Gasteiger charge is -2.08. The number of esters is 1. The predicted octanol–water partition coefficient (Wildman–Crippen LogP) is 2.78. The molecule has 128 valence electrons. The normalized spacial score (nSPS) is 10.1. The molecule has 0 spiro atoms. The first-order valence-electron chi connectivity index (χ1n) is 7.90. The number of rotatable bonds is 7. The van der Waals surface area contributed by atoms with Crippen LogP contribution in [0.5, 0.6) is 5.75 Å². The maximum absolute atomic E-state index is 12.3. The first-order chi connectivity index (χ1) is 12.0. The van der Waals surface area contributed by atoms with Crippen molar-refractivity contribution in [2.24, 2.45) is 0 Å². The quantitative estimate of drug-likeness (QED) is 0.615. The van der Waals surface area contributed by atoms with Gasteiger partial charge in [-0.05, 0) is 18.6 Å². The van der Waals surface area contributed by atoms with E-state index in [2.05, 4.69) is 4.98 Å². The molecule has 6 heteroatoms. The van der Waals surface area contributed by atoms with Gasteiger partial charge in [0.25, 0.3) is 0 Å². The Labute approximate surface area is 145 Å². The molecule has 1 heterocycles. The molecule has 0 amide bonds.